The third kappa shape index (κ3) is 2.12. The summed E-state index contributed by atoms with van der Waals surface area (Å²) in [5.74, 6) is -5.04. The van der Waals surface area contributed by atoms with Crippen LogP contribution in [0.1, 0.15) is 16.8 Å². The van der Waals surface area contributed by atoms with Crippen molar-refractivity contribution in [2.24, 2.45) is 5.73 Å². The molecule has 0 unspecified atom stereocenters. The van der Waals surface area contributed by atoms with Gasteiger partial charge >= 0.3 is 0 Å². The SMILES string of the molecule is N[C@H]1CCN(C(=O)c2ccc(F)c(F)c2F)C1. The fraction of sp³-hybridized carbons (Fsp3) is 0.364. The van der Waals surface area contributed by atoms with Gasteiger partial charge in [-0.3, -0.25) is 4.79 Å². The first-order chi connectivity index (χ1) is 8.00. The van der Waals surface area contributed by atoms with Crippen LogP contribution in [-0.2, 0) is 0 Å². The van der Waals surface area contributed by atoms with Crippen molar-refractivity contribution in [2.75, 3.05) is 13.1 Å². The van der Waals surface area contributed by atoms with Gasteiger partial charge in [0.05, 0.1) is 5.56 Å². The molecule has 2 rings (SSSR count). The van der Waals surface area contributed by atoms with Crippen molar-refractivity contribution in [3.8, 4) is 0 Å². The van der Waals surface area contributed by atoms with E-state index in [0.717, 1.165) is 12.1 Å². The molecule has 17 heavy (non-hydrogen) atoms. The number of carbonyl (C=O) groups excluding carboxylic acids is 1. The van der Waals surface area contributed by atoms with E-state index in [1.165, 1.54) is 4.90 Å². The molecule has 0 saturated carbocycles. The van der Waals surface area contributed by atoms with Gasteiger partial charge in [-0.2, -0.15) is 0 Å². The minimum Gasteiger partial charge on any atom is -0.337 e. The van der Waals surface area contributed by atoms with Gasteiger partial charge in [0.1, 0.15) is 0 Å². The normalized spacial score (nSPS) is 19.8. The van der Waals surface area contributed by atoms with Crippen LogP contribution in [0.5, 0.6) is 0 Å². The monoisotopic (exact) mass is 244 g/mol. The number of benzene rings is 1. The number of hydrogen-bond acceptors (Lipinski definition) is 2. The maximum absolute atomic E-state index is 13.4. The van der Waals surface area contributed by atoms with Crippen molar-refractivity contribution < 1.29 is 18.0 Å². The molecule has 1 atom stereocenters. The van der Waals surface area contributed by atoms with E-state index in [4.69, 9.17) is 5.73 Å². The number of amides is 1. The molecule has 1 aliphatic rings. The average molecular weight is 244 g/mol. The Morgan fingerprint density at radius 3 is 2.59 bits per heavy atom. The van der Waals surface area contributed by atoms with Crippen LogP contribution in [0.4, 0.5) is 13.2 Å². The summed E-state index contributed by atoms with van der Waals surface area (Å²) < 4.78 is 39.0. The van der Waals surface area contributed by atoms with E-state index < -0.39 is 28.9 Å². The Bertz CT molecular complexity index is 464. The number of carbonyl (C=O) groups is 1. The lowest BCUT2D eigenvalue weighted by Crippen LogP contribution is -2.32. The van der Waals surface area contributed by atoms with Crippen molar-refractivity contribution in [3.05, 3.63) is 35.1 Å². The Morgan fingerprint density at radius 1 is 1.29 bits per heavy atom. The summed E-state index contributed by atoms with van der Waals surface area (Å²) in [5, 5.41) is 0. The fourth-order valence-electron chi connectivity index (χ4n) is 1.83. The van der Waals surface area contributed by atoms with Crippen LogP contribution < -0.4 is 5.73 Å². The molecule has 0 radical (unpaired) electrons. The van der Waals surface area contributed by atoms with Gasteiger partial charge in [0, 0.05) is 19.1 Å². The first-order valence-electron chi connectivity index (χ1n) is 5.19. The minimum atomic E-state index is -1.63. The van der Waals surface area contributed by atoms with E-state index in [1.807, 2.05) is 0 Å². The van der Waals surface area contributed by atoms with E-state index in [1.54, 1.807) is 0 Å². The zero-order valence-electron chi connectivity index (χ0n) is 8.92. The number of hydrogen-bond donors (Lipinski definition) is 1. The largest absolute Gasteiger partial charge is 0.337 e. The minimum absolute atomic E-state index is 0.146. The van der Waals surface area contributed by atoms with Crippen LogP contribution >= 0.6 is 0 Å². The van der Waals surface area contributed by atoms with E-state index in [-0.39, 0.29) is 6.04 Å². The van der Waals surface area contributed by atoms with Crippen LogP contribution in [0.25, 0.3) is 0 Å². The van der Waals surface area contributed by atoms with Gasteiger partial charge in [-0.05, 0) is 18.6 Å². The first kappa shape index (κ1) is 11.9. The summed E-state index contributed by atoms with van der Waals surface area (Å²) in [7, 11) is 0. The molecule has 2 N–H and O–H groups in total. The van der Waals surface area contributed by atoms with E-state index >= 15 is 0 Å². The molecular formula is C11H11F3N2O. The molecule has 3 nitrogen and oxygen atoms in total. The zero-order chi connectivity index (χ0) is 12.6. The Morgan fingerprint density at radius 2 is 2.00 bits per heavy atom. The molecule has 1 fully saturated rings. The number of nitrogens with two attached hydrogens (primary N) is 1. The second-order valence-corrected chi connectivity index (χ2v) is 4.02. The summed E-state index contributed by atoms with van der Waals surface area (Å²) in [6.07, 6.45) is 0.622. The van der Waals surface area contributed by atoms with Crippen molar-refractivity contribution in [2.45, 2.75) is 12.5 Å². The number of nitrogens with zero attached hydrogens (tertiary/aromatic N) is 1. The topological polar surface area (TPSA) is 46.3 Å². The lowest BCUT2D eigenvalue weighted by atomic mass is 10.1. The molecule has 0 aliphatic carbocycles. The summed E-state index contributed by atoms with van der Waals surface area (Å²) in [6.45, 7) is 0.704. The molecule has 1 aromatic rings. The van der Waals surface area contributed by atoms with Crippen LogP contribution in [0.15, 0.2) is 12.1 Å². The molecular weight excluding hydrogens is 233 g/mol. The third-order valence-electron chi connectivity index (χ3n) is 2.78. The van der Waals surface area contributed by atoms with Crippen LogP contribution in [-0.4, -0.2) is 29.9 Å². The Labute approximate surface area is 96.0 Å². The lowest BCUT2D eigenvalue weighted by Gasteiger charge is -2.16. The number of likely N-dealkylation sites (tertiary alicyclic amines) is 1. The van der Waals surface area contributed by atoms with Crippen molar-refractivity contribution in [1.82, 2.24) is 4.90 Å². The number of halogens is 3. The highest BCUT2D eigenvalue weighted by molar-refractivity contribution is 5.94. The Balaban J connectivity index is 2.29. The summed E-state index contributed by atoms with van der Waals surface area (Å²) in [5.41, 5.74) is 5.15. The van der Waals surface area contributed by atoms with E-state index in [0.29, 0.717) is 19.5 Å². The van der Waals surface area contributed by atoms with Crippen LogP contribution in [0, 0.1) is 17.5 Å². The zero-order valence-corrected chi connectivity index (χ0v) is 8.92. The summed E-state index contributed by atoms with van der Waals surface area (Å²) in [4.78, 5) is 13.2. The predicted molar refractivity (Wildman–Crippen MR) is 54.8 cm³/mol. The number of rotatable bonds is 1. The second kappa shape index (κ2) is 4.37. The van der Waals surface area contributed by atoms with Gasteiger partial charge in [-0.1, -0.05) is 0 Å². The molecule has 6 heteroatoms. The summed E-state index contributed by atoms with van der Waals surface area (Å²) in [6, 6.07) is 1.54. The molecule has 0 aromatic heterocycles. The third-order valence-corrected chi connectivity index (χ3v) is 2.78. The fourth-order valence-corrected chi connectivity index (χ4v) is 1.83. The molecule has 92 valence electrons. The van der Waals surface area contributed by atoms with E-state index in [9.17, 15) is 18.0 Å². The van der Waals surface area contributed by atoms with Gasteiger partial charge in [-0.15, -0.1) is 0 Å². The summed E-state index contributed by atoms with van der Waals surface area (Å²) >= 11 is 0. The molecule has 0 spiro atoms. The maximum Gasteiger partial charge on any atom is 0.256 e. The van der Waals surface area contributed by atoms with Crippen molar-refractivity contribution in [1.29, 1.82) is 0 Å². The smallest absolute Gasteiger partial charge is 0.256 e. The highest BCUT2D eigenvalue weighted by Gasteiger charge is 2.28. The first-order valence-corrected chi connectivity index (χ1v) is 5.19. The maximum atomic E-state index is 13.4. The predicted octanol–water partition coefficient (Wildman–Crippen LogP) is 1.28. The van der Waals surface area contributed by atoms with Gasteiger partial charge in [-0.25, -0.2) is 13.2 Å². The second-order valence-electron chi connectivity index (χ2n) is 4.02. The van der Waals surface area contributed by atoms with Crippen LogP contribution in [0.3, 0.4) is 0 Å². The lowest BCUT2D eigenvalue weighted by molar-refractivity contribution is 0.0785. The molecule has 1 aromatic carbocycles. The van der Waals surface area contributed by atoms with Crippen molar-refractivity contribution in [3.63, 3.8) is 0 Å². The Kier molecular flexibility index (Phi) is 3.06. The standard InChI is InChI=1S/C11H11F3N2O/c12-8-2-1-7(9(13)10(8)14)11(17)16-4-3-6(15)5-16/h1-2,6H,3-5,15H2/t6-/m0/s1. The molecule has 1 saturated heterocycles. The van der Waals surface area contributed by atoms with Crippen molar-refractivity contribution >= 4 is 5.91 Å². The average Bonchev–Trinajstić information content (AvgIpc) is 2.72. The van der Waals surface area contributed by atoms with Gasteiger partial charge in [0.15, 0.2) is 17.5 Å². The molecule has 1 aliphatic heterocycles. The van der Waals surface area contributed by atoms with Gasteiger partial charge < -0.3 is 10.6 Å². The van der Waals surface area contributed by atoms with Crippen LogP contribution in [0.2, 0.25) is 0 Å². The Hall–Kier alpha value is -1.56. The molecule has 0 bridgehead atoms. The molecule has 1 heterocycles. The molecule has 1 amide bonds. The highest BCUT2D eigenvalue weighted by Crippen LogP contribution is 2.19. The van der Waals surface area contributed by atoms with E-state index in [2.05, 4.69) is 0 Å². The quantitative estimate of drug-likeness (QED) is 0.756. The van der Waals surface area contributed by atoms with Gasteiger partial charge in [0.25, 0.3) is 5.91 Å². The highest BCUT2D eigenvalue weighted by atomic mass is 19.2. The van der Waals surface area contributed by atoms with Gasteiger partial charge in [0.2, 0.25) is 0 Å².